The van der Waals surface area contributed by atoms with Crippen LogP contribution >= 0.6 is 0 Å². The second-order valence-electron chi connectivity index (χ2n) is 3.63. The molecule has 0 saturated carbocycles. The number of nitrogens with one attached hydrogen (secondary N) is 1. The van der Waals surface area contributed by atoms with Crippen molar-refractivity contribution in [3.63, 3.8) is 0 Å². The molecule has 1 N–H and O–H groups in total. The zero-order chi connectivity index (χ0) is 13.7. The summed E-state index contributed by atoms with van der Waals surface area (Å²) in [4.78, 5) is 7.92. The van der Waals surface area contributed by atoms with E-state index in [1.807, 2.05) is 6.92 Å². The number of rotatable bonds is 4. The van der Waals surface area contributed by atoms with Gasteiger partial charge in [0.2, 0.25) is 5.88 Å². The Morgan fingerprint density at radius 2 is 2.21 bits per heavy atom. The molecule has 0 aliphatic heterocycles. The van der Waals surface area contributed by atoms with Gasteiger partial charge in [-0.15, -0.1) is 0 Å². The van der Waals surface area contributed by atoms with Gasteiger partial charge >= 0.3 is 0 Å². The van der Waals surface area contributed by atoms with Crippen LogP contribution in [0.25, 0.3) is 0 Å². The van der Waals surface area contributed by atoms with E-state index in [-0.39, 0.29) is 11.3 Å². The highest BCUT2D eigenvalue weighted by Crippen LogP contribution is 2.22. The molecule has 1 heterocycles. The number of nitrogens with zero attached hydrogens (tertiary/aromatic N) is 3. The molecule has 0 aliphatic carbocycles. The van der Waals surface area contributed by atoms with Crippen LogP contribution in [0.15, 0.2) is 30.6 Å². The number of aromatic nitrogens is 2. The van der Waals surface area contributed by atoms with E-state index in [0.717, 1.165) is 12.6 Å². The van der Waals surface area contributed by atoms with E-state index in [1.54, 1.807) is 12.1 Å². The van der Waals surface area contributed by atoms with Crippen molar-refractivity contribution in [3.8, 4) is 17.7 Å². The molecule has 96 valence electrons. The van der Waals surface area contributed by atoms with Gasteiger partial charge in [0.25, 0.3) is 0 Å². The fourth-order valence-corrected chi connectivity index (χ4v) is 1.44. The minimum Gasteiger partial charge on any atom is -0.439 e. The van der Waals surface area contributed by atoms with Gasteiger partial charge in [-0.25, -0.2) is 14.4 Å². The smallest absolute Gasteiger partial charge is 0.224 e. The van der Waals surface area contributed by atoms with E-state index in [2.05, 4.69) is 15.3 Å². The topological polar surface area (TPSA) is 70.8 Å². The highest BCUT2D eigenvalue weighted by atomic mass is 19.1. The van der Waals surface area contributed by atoms with Crippen LogP contribution in [0.2, 0.25) is 0 Å². The molecule has 0 aliphatic rings. The average Bonchev–Trinajstić information content (AvgIpc) is 2.40. The first-order valence-corrected chi connectivity index (χ1v) is 5.66. The number of nitriles is 1. The molecular weight excluding hydrogens is 247 g/mol. The fraction of sp³-hybridized carbons (Fsp3) is 0.154. The molecule has 0 amide bonds. The third kappa shape index (κ3) is 3.16. The van der Waals surface area contributed by atoms with Gasteiger partial charge in [0, 0.05) is 18.7 Å². The second kappa shape index (κ2) is 5.78. The highest BCUT2D eigenvalue weighted by Gasteiger charge is 2.05. The Labute approximate surface area is 109 Å². The summed E-state index contributed by atoms with van der Waals surface area (Å²) in [5.41, 5.74) is -0.0247. The van der Waals surface area contributed by atoms with Crippen molar-refractivity contribution >= 4 is 5.82 Å². The Hall–Kier alpha value is -2.68. The molecule has 0 spiro atoms. The Balaban J connectivity index is 2.19. The number of ether oxygens (including phenoxy) is 1. The lowest BCUT2D eigenvalue weighted by atomic mass is 10.2. The predicted octanol–water partition coefficient (Wildman–Crippen LogP) is 2.71. The van der Waals surface area contributed by atoms with E-state index in [9.17, 15) is 4.39 Å². The predicted molar refractivity (Wildman–Crippen MR) is 67.4 cm³/mol. The number of hydrogen-bond acceptors (Lipinski definition) is 5. The largest absolute Gasteiger partial charge is 0.439 e. The summed E-state index contributed by atoms with van der Waals surface area (Å²) in [6, 6.07) is 7.37. The number of halogens is 1. The molecule has 0 saturated heterocycles. The summed E-state index contributed by atoms with van der Waals surface area (Å²) >= 11 is 0. The number of benzene rings is 1. The van der Waals surface area contributed by atoms with E-state index in [1.165, 1.54) is 18.5 Å². The molecule has 19 heavy (non-hydrogen) atoms. The van der Waals surface area contributed by atoms with Gasteiger partial charge in [-0.1, -0.05) is 0 Å². The monoisotopic (exact) mass is 258 g/mol. The molecule has 0 bridgehead atoms. The zero-order valence-electron chi connectivity index (χ0n) is 10.2. The summed E-state index contributed by atoms with van der Waals surface area (Å²) in [5, 5.41) is 11.6. The van der Waals surface area contributed by atoms with Crippen LogP contribution in [-0.4, -0.2) is 16.5 Å². The van der Waals surface area contributed by atoms with Crippen LogP contribution < -0.4 is 10.1 Å². The van der Waals surface area contributed by atoms with E-state index in [4.69, 9.17) is 10.00 Å². The molecule has 0 atom stereocenters. The lowest BCUT2D eigenvalue weighted by Crippen LogP contribution is -2.00. The van der Waals surface area contributed by atoms with E-state index < -0.39 is 5.82 Å². The number of hydrogen-bond donors (Lipinski definition) is 1. The lowest BCUT2D eigenvalue weighted by Gasteiger charge is -2.07. The van der Waals surface area contributed by atoms with Crippen molar-refractivity contribution in [2.75, 3.05) is 11.9 Å². The summed E-state index contributed by atoms with van der Waals surface area (Å²) in [7, 11) is 0. The van der Waals surface area contributed by atoms with Crippen LogP contribution in [0.5, 0.6) is 11.6 Å². The molecule has 2 aromatic rings. The fourth-order valence-electron chi connectivity index (χ4n) is 1.44. The van der Waals surface area contributed by atoms with Gasteiger partial charge in [0.15, 0.2) is 0 Å². The van der Waals surface area contributed by atoms with Gasteiger partial charge in [-0.2, -0.15) is 5.26 Å². The van der Waals surface area contributed by atoms with Crippen molar-refractivity contribution in [3.05, 3.63) is 42.0 Å². The van der Waals surface area contributed by atoms with Crippen LogP contribution in [0, 0.1) is 17.1 Å². The molecule has 0 fully saturated rings. The molecule has 0 radical (unpaired) electrons. The minimum atomic E-state index is -0.624. The van der Waals surface area contributed by atoms with Gasteiger partial charge in [-0.3, -0.25) is 0 Å². The maximum atomic E-state index is 13.4. The molecule has 2 rings (SSSR count). The van der Waals surface area contributed by atoms with Gasteiger partial charge < -0.3 is 10.1 Å². The third-order valence-corrected chi connectivity index (χ3v) is 2.28. The average molecular weight is 258 g/mol. The van der Waals surface area contributed by atoms with E-state index >= 15 is 0 Å². The van der Waals surface area contributed by atoms with Crippen molar-refractivity contribution in [1.29, 1.82) is 5.26 Å². The lowest BCUT2D eigenvalue weighted by molar-refractivity contribution is 0.457. The highest BCUT2D eigenvalue weighted by molar-refractivity contribution is 5.40. The Kier molecular flexibility index (Phi) is 3.88. The third-order valence-electron chi connectivity index (χ3n) is 2.28. The summed E-state index contributed by atoms with van der Waals surface area (Å²) < 4.78 is 18.8. The molecular formula is C13H11FN4O. The van der Waals surface area contributed by atoms with Crippen LogP contribution in [0.3, 0.4) is 0 Å². The quantitative estimate of drug-likeness (QED) is 0.912. The van der Waals surface area contributed by atoms with Gasteiger partial charge in [0.1, 0.15) is 29.8 Å². The zero-order valence-corrected chi connectivity index (χ0v) is 10.2. The second-order valence-corrected chi connectivity index (χ2v) is 3.63. The normalized spacial score (nSPS) is 9.74. The summed E-state index contributed by atoms with van der Waals surface area (Å²) in [6.07, 6.45) is 1.35. The maximum Gasteiger partial charge on any atom is 0.224 e. The SMILES string of the molecule is CCNc1cc(Oc2ccc(C#N)c(F)c2)ncn1. The standard InChI is InChI=1S/C13H11FN4O/c1-2-16-12-6-13(18-8-17-12)19-10-4-3-9(7-15)11(14)5-10/h3-6,8H,2H2,1H3,(H,16,17,18). The first-order valence-electron chi connectivity index (χ1n) is 5.66. The molecule has 6 heteroatoms. The van der Waals surface area contributed by atoms with Crippen molar-refractivity contribution < 1.29 is 9.13 Å². The molecule has 1 aromatic heterocycles. The summed E-state index contributed by atoms with van der Waals surface area (Å²) in [6.45, 7) is 2.67. The first kappa shape index (κ1) is 12.8. The van der Waals surface area contributed by atoms with Crippen LogP contribution in [0.4, 0.5) is 10.2 Å². The van der Waals surface area contributed by atoms with Crippen LogP contribution in [0.1, 0.15) is 12.5 Å². The molecule has 0 unspecified atom stereocenters. The van der Waals surface area contributed by atoms with Crippen molar-refractivity contribution in [2.24, 2.45) is 0 Å². The Bertz CT molecular complexity index is 624. The Morgan fingerprint density at radius 1 is 1.37 bits per heavy atom. The van der Waals surface area contributed by atoms with E-state index in [0.29, 0.717) is 11.7 Å². The molecule has 1 aromatic carbocycles. The van der Waals surface area contributed by atoms with Gasteiger partial charge in [0.05, 0.1) is 5.56 Å². The van der Waals surface area contributed by atoms with Crippen molar-refractivity contribution in [1.82, 2.24) is 9.97 Å². The van der Waals surface area contributed by atoms with Gasteiger partial charge in [-0.05, 0) is 19.1 Å². The van der Waals surface area contributed by atoms with Crippen molar-refractivity contribution in [2.45, 2.75) is 6.92 Å². The first-order chi connectivity index (χ1) is 9.22. The maximum absolute atomic E-state index is 13.4. The molecule has 5 nitrogen and oxygen atoms in total. The minimum absolute atomic E-state index is 0.0247. The Morgan fingerprint density at radius 3 is 2.89 bits per heavy atom. The van der Waals surface area contributed by atoms with Crippen LogP contribution in [-0.2, 0) is 0 Å². The number of anilines is 1. The summed E-state index contributed by atoms with van der Waals surface area (Å²) in [5.74, 6) is 0.579.